The Morgan fingerprint density at radius 2 is 1.46 bits per heavy atom. The number of nitrogens with zero attached hydrogens (tertiary/aromatic N) is 5. The van der Waals surface area contributed by atoms with Crippen molar-refractivity contribution in [3.05, 3.63) is 151 Å². The smallest absolute Gasteiger partial charge is 0.248 e. The van der Waals surface area contributed by atoms with Crippen molar-refractivity contribution in [1.29, 1.82) is 0 Å². The van der Waals surface area contributed by atoms with E-state index in [0.29, 0.717) is 29.4 Å². The van der Waals surface area contributed by atoms with E-state index in [0.717, 1.165) is 56.1 Å². The number of hydrogen-bond donors (Lipinski definition) is 2. The van der Waals surface area contributed by atoms with Crippen LogP contribution in [0, 0.1) is 0 Å². The zero-order valence-corrected chi connectivity index (χ0v) is 26.7. The first-order valence-electron chi connectivity index (χ1n) is 15.9. The molecule has 10 heteroatoms. The fourth-order valence-electron chi connectivity index (χ4n) is 5.95. The number of H-pyrrole nitrogens is 1. The molecule has 0 bridgehead atoms. The van der Waals surface area contributed by atoms with Gasteiger partial charge in [0, 0.05) is 46.2 Å². The van der Waals surface area contributed by atoms with Gasteiger partial charge in [-0.1, -0.05) is 48.5 Å². The Hall–Kier alpha value is -6.94. The van der Waals surface area contributed by atoms with Crippen LogP contribution in [0.3, 0.4) is 0 Å². The molecule has 50 heavy (non-hydrogen) atoms. The number of pyridine rings is 3. The standard InChI is InChI=1S/C22H16N4O3.C18H13N3/c23-21(27)13-4-6-14(7-5-13)22-25-19(20(26-22)16-3-1-2-10-24-16)15-8-9-17-18(11-15)29-12-28-17;1-2-6-16-14(5-1)13(8-11-20-16)15-9-12-21-18(15)17-7-3-4-10-19-17/h1-11H,12H2,(H2,23,27)(H,25,26);1-11H,12H2. The third-order valence-corrected chi connectivity index (χ3v) is 8.36. The lowest BCUT2D eigenvalue weighted by Gasteiger charge is -2.09. The van der Waals surface area contributed by atoms with Gasteiger partial charge in [-0.15, -0.1) is 0 Å². The summed E-state index contributed by atoms with van der Waals surface area (Å²) >= 11 is 0. The molecule has 0 spiro atoms. The number of aliphatic imine (C=N–C) groups is 1. The number of allylic oxidation sites excluding steroid dienone is 1. The molecule has 242 valence electrons. The Balaban J connectivity index is 0.000000152. The van der Waals surface area contributed by atoms with E-state index >= 15 is 0 Å². The molecule has 0 fully saturated rings. The zero-order valence-electron chi connectivity index (χ0n) is 26.7. The van der Waals surface area contributed by atoms with Gasteiger partial charge in [0.1, 0.15) is 5.82 Å². The van der Waals surface area contributed by atoms with E-state index in [2.05, 4.69) is 43.1 Å². The van der Waals surface area contributed by atoms with Crippen LogP contribution in [0.1, 0.15) is 21.6 Å². The number of para-hydroxylation sites is 1. The molecule has 0 unspecified atom stereocenters. The van der Waals surface area contributed by atoms with Gasteiger partial charge in [-0.3, -0.25) is 24.7 Å². The maximum Gasteiger partial charge on any atom is 0.248 e. The number of rotatable bonds is 6. The van der Waals surface area contributed by atoms with Crippen molar-refractivity contribution in [2.75, 3.05) is 13.3 Å². The van der Waals surface area contributed by atoms with Gasteiger partial charge in [0.25, 0.3) is 0 Å². The van der Waals surface area contributed by atoms with Crippen LogP contribution in [-0.2, 0) is 0 Å². The van der Waals surface area contributed by atoms with Crippen LogP contribution in [0.4, 0.5) is 0 Å². The van der Waals surface area contributed by atoms with Crippen molar-refractivity contribution in [1.82, 2.24) is 24.9 Å². The van der Waals surface area contributed by atoms with Gasteiger partial charge >= 0.3 is 0 Å². The van der Waals surface area contributed by atoms with E-state index in [4.69, 9.17) is 20.2 Å². The molecule has 3 aromatic carbocycles. The molecule has 6 heterocycles. The molecule has 4 aromatic heterocycles. The minimum Gasteiger partial charge on any atom is -0.454 e. The van der Waals surface area contributed by atoms with E-state index in [1.807, 2.05) is 91.1 Å². The first-order valence-corrected chi connectivity index (χ1v) is 15.9. The van der Waals surface area contributed by atoms with Gasteiger partial charge < -0.3 is 20.2 Å². The van der Waals surface area contributed by atoms with Crippen molar-refractivity contribution in [3.8, 4) is 45.5 Å². The second-order valence-corrected chi connectivity index (χ2v) is 11.4. The van der Waals surface area contributed by atoms with Crippen molar-refractivity contribution >= 4 is 28.1 Å². The number of hydrogen-bond acceptors (Lipinski definition) is 8. The summed E-state index contributed by atoms with van der Waals surface area (Å²) in [5.74, 6) is 1.59. The molecule has 1 amide bonds. The molecule has 0 saturated heterocycles. The van der Waals surface area contributed by atoms with Gasteiger partial charge in [0.05, 0.1) is 40.5 Å². The second-order valence-electron chi connectivity index (χ2n) is 11.4. The van der Waals surface area contributed by atoms with E-state index < -0.39 is 5.91 Å². The summed E-state index contributed by atoms with van der Waals surface area (Å²) in [6, 6.07) is 34.6. The van der Waals surface area contributed by atoms with E-state index in [1.54, 1.807) is 24.5 Å². The summed E-state index contributed by atoms with van der Waals surface area (Å²) in [6.45, 7) is 0.918. The number of aromatic nitrogens is 5. The maximum absolute atomic E-state index is 11.3. The minimum atomic E-state index is -0.466. The van der Waals surface area contributed by atoms with Crippen molar-refractivity contribution in [2.45, 2.75) is 0 Å². The van der Waals surface area contributed by atoms with Crippen molar-refractivity contribution in [2.24, 2.45) is 10.7 Å². The molecule has 10 nitrogen and oxygen atoms in total. The van der Waals surface area contributed by atoms with Gasteiger partial charge in [-0.05, 0) is 72.3 Å². The number of carbonyl (C=O) groups excluding carboxylic acids is 1. The summed E-state index contributed by atoms with van der Waals surface area (Å²) in [5, 5.41) is 1.15. The number of imidazole rings is 1. The zero-order chi connectivity index (χ0) is 33.9. The largest absolute Gasteiger partial charge is 0.454 e. The Bertz CT molecular complexity index is 2400. The van der Waals surface area contributed by atoms with Crippen LogP contribution in [-0.4, -0.2) is 49.9 Å². The average molecular weight is 656 g/mol. The normalized spacial score (nSPS) is 13.0. The van der Waals surface area contributed by atoms with Crippen LogP contribution in [0.25, 0.3) is 50.5 Å². The van der Waals surface area contributed by atoms with Crippen molar-refractivity contribution in [3.63, 3.8) is 0 Å². The highest BCUT2D eigenvalue weighted by Gasteiger charge is 2.21. The predicted octanol–water partition coefficient (Wildman–Crippen LogP) is 7.15. The van der Waals surface area contributed by atoms with Crippen molar-refractivity contribution < 1.29 is 14.3 Å². The number of aromatic amines is 1. The SMILES string of the molecule is C1=C(c2ccnc3ccccc23)C(c2ccccn2)=NC1.NC(=O)c1ccc(-c2nc(-c3ccc4c(c3)OCO4)c(-c3ccccn3)[nH]2)cc1. The summed E-state index contributed by atoms with van der Waals surface area (Å²) in [5.41, 5.74) is 15.0. The van der Waals surface area contributed by atoms with E-state index in [-0.39, 0.29) is 6.79 Å². The lowest BCUT2D eigenvalue weighted by Crippen LogP contribution is -2.10. The van der Waals surface area contributed by atoms with Crippen LogP contribution < -0.4 is 15.2 Å². The lowest BCUT2D eigenvalue weighted by atomic mass is 9.96. The predicted molar refractivity (Wildman–Crippen MR) is 193 cm³/mol. The van der Waals surface area contributed by atoms with Gasteiger partial charge in [-0.2, -0.15) is 0 Å². The summed E-state index contributed by atoms with van der Waals surface area (Å²) < 4.78 is 10.9. The quantitative estimate of drug-likeness (QED) is 0.194. The summed E-state index contributed by atoms with van der Waals surface area (Å²) in [4.78, 5) is 37.5. The van der Waals surface area contributed by atoms with Crippen LogP contribution in [0.15, 0.2) is 139 Å². The fourth-order valence-corrected chi connectivity index (χ4v) is 5.95. The summed E-state index contributed by atoms with van der Waals surface area (Å²) in [6.07, 6.45) is 7.55. The Labute approximate surface area is 287 Å². The second kappa shape index (κ2) is 13.3. The van der Waals surface area contributed by atoms with Gasteiger partial charge in [0.2, 0.25) is 12.7 Å². The molecule has 2 aliphatic heterocycles. The highest BCUT2D eigenvalue weighted by atomic mass is 16.7. The highest BCUT2D eigenvalue weighted by molar-refractivity contribution is 6.34. The van der Waals surface area contributed by atoms with Crippen LogP contribution in [0.2, 0.25) is 0 Å². The highest BCUT2D eigenvalue weighted by Crippen LogP contribution is 2.39. The number of nitrogens with two attached hydrogens (primary N) is 1. The molecule has 0 atom stereocenters. The van der Waals surface area contributed by atoms with Crippen LogP contribution >= 0.6 is 0 Å². The number of ether oxygens (including phenoxy) is 2. The molecular formula is C40H29N7O3. The van der Waals surface area contributed by atoms with E-state index in [1.165, 1.54) is 5.56 Å². The Morgan fingerprint density at radius 3 is 2.24 bits per heavy atom. The molecule has 0 radical (unpaired) electrons. The monoisotopic (exact) mass is 655 g/mol. The molecule has 7 aromatic rings. The Morgan fingerprint density at radius 1 is 0.720 bits per heavy atom. The molecule has 3 N–H and O–H groups in total. The number of benzene rings is 3. The minimum absolute atomic E-state index is 0.212. The fraction of sp³-hybridized carbons (Fsp3) is 0.0500. The Kier molecular flexibility index (Phi) is 8.08. The molecule has 0 saturated carbocycles. The third-order valence-electron chi connectivity index (χ3n) is 8.36. The third kappa shape index (κ3) is 5.97. The number of fused-ring (bicyclic) bond motifs is 2. The van der Waals surface area contributed by atoms with Crippen LogP contribution in [0.5, 0.6) is 11.5 Å². The first kappa shape index (κ1) is 30.4. The summed E-state index contributed by atoms with van der Waals surface area (Å²) in [7, 11) is 0. The number of carbonyl (C=O) groups is 1. The van der Waals surface area contributed by atoms with Gasteiger partial charge in [-0.25, -0.2) is 4.98 Å². The maximum atomic E-state index is 11.3. The number of primary amides is 1. The lowest BCUT2D eigenvalue weighted by molar-refractivity contribution is 0.1000. The van der Waals surface area contributed by atoms with E-state index in [9.17, 15) is 4.79 Å². The molecule has 2 aliphatic rings. The number of nitrogens with one attached hydrogen (secondary N) is 1. The average Bonchev–Trinajstić information content (AvgIpc) is 3.96. The van der Waals surface area contributed by atoms with Gasteiger partial charge in [0.15, 0.2) is 11.5 Å². The first-order chi connectivity index (χ1) is 24.6. The molecule has 9 rings (SSSR count). The molecular weight excluding hydrogens is 626 g/mol. The topological polar surface area (TPSA) is 141 Å². The molecule has 0 aliphatic carbocycles. The number of amides is 1.